The molecule has 1 heterocycles. The number of benzene rings is 2. The van der Waals surface area contributed by atoms with Crippen molar-refractivity contribution < 1.29 is 14.7 Å². The number of rotatable bonds is 5. The number of nitrogens with one attached hydrogen (secondary N) is 1. The quantitative estimate of drug-likeness (QED) is 0.556. The highest BCUT2D eigenvalue weighted by Gasteiger charge is 2.08. The monoisotopic (exact) mass is 327 g/mol. The van der Waals surface area contributed by atoms with E-state index in [0.717, 1.165) is 21.1 Å². The lowest BCUT2D eigenvalue weighted by molar-refractivity contribution is -0.131. The summed E-state index contributed by atoms with van der Waals surface area (Å²) in [6.07, 6.45) is 0. The number of ether oxygens (including phenoxy) is 1. The summed E-state index contributed by atoms with van der Waals surface area (Å²) < 4.78 is 5.22. The van der Waals surface area contributed by atoms with E-state index in [9.17, 15) is 4.79 Å². The molecule has 1 amide bonds. The minimum absolute atomic E-state index is 0.243. The Kier molecular flexibility index (Phi) is 4.60. The van der Waals surface area contributed by atoms with Gasteiger partial charge in [-0.05, 0) is 24.3 Å². The predicted octanol–water partition coefficient (Wildman–Crippen LogP) is 2.76. The summed E-state index contributed by atoms with van der Waals surface area (Å²) in [6, 6.07) is 17.0. The highest BCUT2D eigenvalue weighted by atomic mass is 32.1. The van der Waals surface area contributed by atoms with E-state index in [1.165, 1.54) is 16.8 Å². The van der Waals surface area contributed by atoms with Gasteiger partial charge >= 0.3 is 0 Å². The average molecular weight is 327 g/mol. The Morgan fingerprint density at radius 2 is 1.61 bits per heavy atom. The third-order valence-electron chi connectivity index (χ3n) is 3.04. The molecule has 6 nitrogen and oxygen atoms in total. The first kappa shape index (κ1) is 15.1. The van der Waals surface area contributed by atoms with E-state index < -0.39 is 5.91 Å². The van der Waals surface area contributed by atoms with Crippen LogP contribution in [0.15, 0.2) is 54.6 Å². The van der Waals surface area contributed by atoms with Gasteiger partial charge in [0.2, 0.25) is 0 Å². The zero-order valence-corrected chi connectivity index (χ0v) is 12.8. The Morgan fingerprint density at radius 3 is 2.22 bits per heavy atom. The molecule has 3 aromatic rings. The van der Waals surface area contributed by atoms with E-state index in [0.29, 0.717) is 5.75 Å². The minimum atomic E-state index is -0.606. The van der Waals surface area contributed by atoms with Gasteiger partial charge in [-0.25, -0.2) is 5.48 Å². The largest absolute Gasteiger partial charge is 0.484 e. The van der Waals surface area contributed by atoms with Gasteiger partial charge in [0, 0.05) is 11.1 Å². The molecule has 2 N–H and O–H groups in total. The summed E-state index contributed by atoms with van der Waals surface area (Å²) in [7, 11) is 0. The maximum Gasteiger partial charge on any atom is 0.281 e. The van der Waals surface area contributed by atoms with E-state index >= 15 is 0 Å². The zero-order valence-electron chi connectivity index (χ0n) is 12.0. The number of carbonyl (C=O) groups is 1. The lowest BCUT2D eigenvalue weighted by Gasteiger charge is -2.04. The smallest absolute Gasteiger partial charge is 0.281 e. The van der Waals surface area contributed by atoms with Crippen molar-refractivity contribution in [1.82, 2.24) is 15.7 Å². The number of nitrogens with zero attached hydrogens (tertiary/aromatic N) is 2. The van der Waals surface area contributed by atoms with Crippen molar-refractivity contribution in [3.8, 4) is 26.9 Å². The summed E-state index contributed by atoms with van der Waals surface area (Å²) in [5, 5.41) is 18.5. The van der Waals surface area contributed by atoms with Crippen molar-refractivity contribution in [1.29, 1.82) is 0 Å². The first-order chi connectivity index (χ1) is 11.3. The van der Waals surface area contributed by atoms with Crippen LogP contribution < -0.4 is 10.2 Å². The third kappa shape index (κ3) is 3.71. The van der Waals surface area contributed by atoms with Crippen molar-refractivity contribution in [3.63, 3.8) is 0 Å². The summed E-state index contributed by atoms with van der Waals surface area (Å²) >= 11 is 1.51. The molecule has 0 aliphatic carbocycles. The average Bonchev–Trinajstić information content (AvgIpc) is 3.11. The van der Waals surface area contributed by atoms with Crippen LogP contribution in [-0.2, 0) is 4.79 Å². The number of hydrogen-bond acceptors (Lipinski definition) is 6. The van der Waals surface area contributed by atoms with Gasteiger partial charge in [0.05, 0.1) is 0 Å². The molecule has 0 fully saturated rings. The molecular weight excluding hydrogens is 314 g/mol. The summed E-state index contributed by atoms with van der Waals surface area (Å²) in [5.74, 6) is -0.0733. The van der Waals surface area contributed by atoms with Crippen LogP contribution in [0.2, 0.25) is 0 Å². The molecule has 7 heteroatoms. The highest BCUT2D eigenvalue weighted by Crippen LogP contribution is 2.30. The number of carbonyl (C=O) groups excluding carboxylic acids is 1. The van der Waals surface area contributed by atoms with Crippen LogP contribution in [0.25, 0.3) is 21.1 Å². The van der Waals surface area contributed by atoms with Crippen LogP contribution in [-0.4, -0.2) is 27.9 Å². The van der Waals surface area contributed by atoms with Crippen molar-refractivity contribution in [2.24, 2.45) is 0 Å². The molecule has 0 aliphatic heterocycles. The fraction of sp³-hybridized carbons (Fsp3) is 0.0625. The number of amides is 1. The number of aromatic nitrogens is 2. The van der Waals surface area contributed by atoms with Gasteiger partial charge in [-0.2, -0.15) is 0 Å². The first-order valence-electron chi connectivity index (χ1n) is 6.81. The van der Waals surface area contributed by atoms with Crippen molar-refractivity contribution >= 4 is 17.2 Å². The highest BCUT2D eigenvalue weighted by molar-refractivity contribution is 7.17. The van der Waals surface area contributed by atoms with E-state index in [2.05, 4.69) is 10.2 Å². The van der Waals surface area contributed by atoms with Crippen LogP contribution >= 0.6 is 11.3 Å². The maximum absolute atomic E-state index is 10.9. The molecule has 1 aromatic heterocycles. The second kappa shape index (κ2) is 6.99. The predicted molar refractivity (Wildman–Crippen MR) is 86.2 cm³/mol. The lowest BCUT2D eigenvalue weighted by Crippen LogP contribution is -2.25. The van der Waals surface area contributed by atoms with Crippen molar-refractivity contribution in [2.45, 2.75) is 0 Å². The molecule has 0 aliphatic rings. The van der Waals surface area contributed by atoms with E-state index in [1.807, 2.05) is 42.5 Å². The standard InChI is InChI=1S/C16H13N3O3S/c20-14(19-21)10-22-13-8-6-12(7-9-13)16-18-17-15(23-16)11-4-2-1-3-5-11/h1-9,21H,10H2,(H,19,20). The van der Waals surface area contributed by atoms with Crippen LogP contribution in [0.1, 0.15) is 0 Å². The first-order valence-corrected chi connectivity index (χ1v) is 7.63. The minimum Gasteiger partial charge on any atom is -0.484 e. The normalized spacial score (nSPS) is 10.3. The fourth-order valence-corrected chi connectivity index (χ4v) is 2.77. The van der Waals surface area contributed by atoms with Crippen LogP contribution in [0, 0.1) is 0 Å². The molecule has 2 aromatic carbocycles. The topological polar surface area (TPSA) is 84.3 Å². The van der Waals surface area contributed by atoms with Gasteiger partial charge in [-0.15, -0.1) is 10.2 Å². The molecule has 0 unspecified atom stereocenters. The Balaban J connectivity index is 1.73. The van der Waals surface area contributed by atoms with Gasteiger partial charge in [-0.1, -0.05) is 41.7 Å². The van der Waals surface area contributed by atoms with Gasteiger partial charge in [-0.3, -0.25) is 10.0 Å². The number of hydroxylamine groups is 1. The maximum atomic E-state index is 10.9. The Morgan fingerprint density at radius 1 is 1.00 bits per heavy atom. The molecule has 3 rings (SSSR count). The molecule has 0 saturated carbocycles. The summed E-state index contributed by atoms with van der Waals surface area (Å²) in [6.45, 7) is -0.243. The lowest BCUT2D eigenvalue weighted by atomic mass is 10.2. The van der Waals surface area contributed by atoms with E-state index in [4.69, 9.17) is 9.94 Å². The van der Waals surface area contributed by atoms with Crippen LogP contribution in [0.3, 0.4) is 0 Å². The van der Waals surface area contributed by atoms with E-state index in [1.54, 1.807) is 12.1 Å². The number of hydrogen-bond donors (Lipinski definition) is 2. The van der Waals surface area contributed by atoms with Gasteiger partial charge < -0.3 is 4.74 Å². The van der Waals surface area contributed by atoms with Gasteiger partial charge in [0.15, 0.2) is 6.61 Å². The Bertz CT molecular complexity index is 788. The molecule has 0 spiro atoms. The fourth-order valence-electron chi connectivity index (χ4n) is 1.91. The van der Waals surface area contributed by atoms with Crippen LogP contribution in [0.4, 0.5) is 0 Å². The van der Waals surface area contributed by atoms with Crippen LogP contribution in [0.5, 0.6) is 5.75 Å². The zero-order chi connectivity index (χ0) is 16.1. The molecule has 0 radical (unpaired) electrons. The molecule has 0 atom stereocenters. The van der Waals surface area contributed by atoms with Gasteiger partial charge in [0.1, 0.15) is 15.8 Å². The Labute approximate surface area is 136 Å². The Hall–Kier alpha value is -2.77. The second-order valence-corrected chi connectivity index (χ2v) is 5.60. The molecule has 0 saturated heterocycles. The summed E-state index contributed by atoms with van der Waals surface area (Å²) in [5.41, 5.74) is 3.46. The van der Waals surface area contributed by atoms with Crippen molar-refractivity contribution in [2.75, 3.05) is 6.61 Å². The SMILES string of the molecule is O=C(COc1ccc(-c2nnc(-c3ccccc3)s2)cc1)NO. The third-order valence-corrected chi connectivity index (χ3v) is 4.06. The van der Waals surface area contributed by atoms with Gasteiger partial charge in [0.25, 0.3) is 5.91 Å². The van der Waals surface area contributed by atoms with Crippen molar-refractivity contribution in [3.05, 3.63) is 54.6 Å². The molecule has 0 bridgehead atoms. The second-order valence-electron chi connectivity index (χ2n) is 4.63. The molecule has 116 valence electrons. The molecule has 23 heavy (non-hydrogen) atoms. The summed E-state index contributed by atoms with van der Waals surface area (Å²) in [4.78, 5) is 10.9. The molecular formula is C16H13N3O3S. The van der Waals surface area contributed by atoms with E-state index in [-0.39, 0.29) is 6.61 Å².